The summed E-state index contributed by atoms with van der Waals surface area (Å²) in [7, 11) is 1.36. The van der Waals surface area contributed by atoms with Gasteiger partial charge in [0.05, 0.1) is 29.0 Å². The molecule has 1 fully saturated rings. The molecule has 1 amide bonds. The van der Waals surface area contributed by atoms with Crippen molar-refractivity contribution in [1.82, 2.24) is 9.47 Å². The van der Waals surface area contributed by atoms with E-state index in [0.29, 0.717) is 21.9 Å². The van der Waals surface area contributed by atoms with Crippen LogP contribution in [-0.2, 0) is 14.3 Å². The highest BCUT2D eigenvalue weighted by Gasteiger charge is 2.40. The summed E-state index contributed by atoms with van der Waals surface area (Å²) in [5.74, 6) is -0.585. The molecule has 1 aliphatic carbocycles. The number of allylic oxidation sites excluding steroid dienone is 1. The number of esters is 1. The maximum atomic E-state index is 13.6. The number of methoxy groups -OCH3 is 1. The van der Waals surface area contributed by atoms with Gasteiger partial charge in [0.2, 0.25) is 0 Å². The second-order valence-corrected chi connectivity index (χ2v) is 9.00. The van der Waals surface area contributed by atoms with Crippen LogP contribution in [0.3, 0.4) is 0 Å². The predicted octanol–water partition coefficient (Wildman–Crippen LogP) is 5.75. The van der Waals surface area contributed by atoms with Crippen LogP contribution in [0.25, 0.3) is 11.8 Å². The normalized spacial score (nSPS) is 18.7. The van der Waals surface area contributed by atoms with Gasteiger partial charge in [-0.2, -0.15) is 0 Å². The summed E-state index contributed by atoms with van der Waals surface area (Å²) < 4.78 is 7.13. The van der Waals surface area contributed by atoms with E-state index in [1.54, 1.807) is 0 Å². The van der Waals surface area contributed by atoms with E-state index >= 15 is 0 Å². The van der Waals surface area contributed by atoms with Crippen LogP contribution in [0.15, 0.2) is 47.2 Å². The number of carbonyl (C=O) groups excluding carboxylic acids is 2. The Morgan fingerprint density at radius 1 is 1.12 bits per heavy atom. The van der Waals surface area contributed by atoms with E-state index in [0.717, 1.165) is 48.3 Å². The highest BCUT2D eigenvalue weighted by atomic mass is 35.5. The summed E-state index contributed by atoms with van der Waals surface area (Å²) >= 11 is 6.45. The molecule has 4 rings (SSSR count). The molecule has 2 heterocycles. The number of aromatic nitrogens is 1. The molecule has 32 heavy (non-hydrogen) atoms. The van der Waals surface area contributed by atoms with Gasteiger partial charge in [-0.1, -0.05) is 43.0 Å². The van der Waals surface area contributed by atoms with Gasteiger partial charge in [0.25, 0.3) is 5.91 Å². The number of aryl methyl sites for hydroxylation is 1. The Balaban J connectivity index is 1.81. The molecule has 168 valence electrons. The maximum Gasteiger partial charge on any atom is 0.340 e. The third kappa shape index (κ3) is 3.79. The molecule has 0 saturated heterocycles. The molecule has 0 radical (unpaired) electrons. The zero-order chi connectivity index (χ0) is 23.0. The van der Waals surface area contributed by atoms with E-state index in [1.807, 2.05) is 62.1 Å². The fourth-order valence-electron chi connectivity index (χ4n) is 5.07. The number of halogens is 1. The van der Waals surface area contributed by atoms with Crippen LogP contribution in [0, 0.1) is 13.8 Å². The first kappa shape index (κ1) is 22.4. The van der Waals surface area contributed by atoms with Gasteiger partial charge < -0.3 is 14.2 Å². The van der Waals surface area contributed by atoms with Crippen molar-refractivity contribution < 1.29 is 14.3 Å². The summed E-state index contributed by atoms with van der Waals surface area (Å²) in [6, 6.07) is 9.83. The van der Waals surface area contributed by atoms with E-state index in [1.165, 1.54) is 13.5 Å². The van der Waals surface area contributed by atoms with Crippen LogP contribution in [-0.4, -0.2) is 34.5 Å². The van der Waals surface area contributed by atoms with Gasteiger partial charge in [-0.05, 0) is 63.5 Å². The Morgan fingerprint density at radius 2 is 1.81 bits per heavy atom. The summed E-state index contributed by atoms with van der Waals surface area (Å²) in [5.41, 5.74) is 5.18. The minimum atomic E-state index is -0.472. The van der Waals surface area contributed by atoms with Crippen molar-refractivity contribution >= 4 is 29.6 Å². The Bertz CT molecular complexity index is 1140. The SMILES string of the molecule is COC(=O)C1=C(C)N(C2CCCCC2)C(=O)/C1=C\c1cc(C)n(-c2ccccc2Cl)c1C. The van der Waals surface area contributed by atoms with Gasteiger partial charge in [-0.15, -0.1) is 0 Å². The molecule has 0 spiro atoms. The number of ether oxygens (including phenoxy) is 1. The van der Waals surface area contributed by atoms with Crippen molar-refractivity contribution in [1.29, 1.82) is 0 Å². The third-order valence-electron chi connectivity index (χ3n) is 6.63. The lowest BCUT2D eigenvalue weighted by molar-refractivity contribution is -0.136. The van der Waals surface area contributed by atoms with Gasteiger partial charge in [0, 0.05) is 23.1 Å². The minimum absolute atomic E-state index is 0.114. The van der Waals surface area contributed by atoms with E-state index in [9.17, 15) is 9.59 Å². The van der Waals surface area contributed by atoms with Crippen molar-refractivity contribution in [3.8, 4) is 5.69 Å². The van der Waals surface area contributed by atoms with E-state index in [2.05, 4.69) is 4.57 Å². The molecule has 1 aromatic carbocycles. The topological polar surface area (TPSA) is 51.5 Å². The average Bonchev–Trinajstić information content (AvgIpc) is 3.20. The van der Waals surface area contributed by atoms with Gasteiger partial charge in [-0.3, -0.25) is 4.79 Å². The number of carbonyl (C=O) groups is 2. The molecule has 1 aromatic heterocycles. The Kier molecular flexibility index (Phi) is 6.29. The van der Waals surface area contributed by atoms with Crippen LogP contribution in [0.2, 0.25) is 5.02 Å². The number of hydrogen-bond acceptors (Lipinski definition) is 3. The van der Waals surface area contributed by atoms with Crippen LogP contribution >= 0.6 is 11.6 Å². The molecular weight excluding hydrogens is 424 g/mol. The van der Waals surface area contributed by atoms with E-state index in [4.69, 9.17) is 16.3 Å². The van der Waals surface area contributed by atoms with Crippen molar-refractivity contribution in [2.45, 2.75) is 58.9 Å². The first-order valence-electron chi connectivity index (χ1n) is 11.1. The Morgan fingerprint density at radius 3 is 2.47 bits per heavy atom. The highest BCUT2D eigenvalue weighted by Crippen LogP contribution is 2.37. The monoisotopic (exact) mass is 452 g/mol. The lowest BCUT2D eigenvalue weighted by Crippen LogP contribution is -2.37. The van der Waals surface area contributed by atoms with Crippen LogP contribution in [0.5, 0.6) is 0 Å². The second kappa shape index (κ2) is 8.99. The molecule has 5 nitrogen and oxygen atoms in total. The fourth-order valence-corrected chi connectivity index (χ4v) is 5.29. The number of rotatable bonds is 4. The molecule has 6 heteroatoms. The van der Waals surface area contributed by atoms with Gasteiger partial charge in [-0.25, -0.2) is 4.79 Å². The van der Waals surface area contributed by atoms with Crippen molar-refractivity contribution in [3.05, 3.63) is 69.1 Å². The van der Waals surface area contributed by atoms with Crippen molar-refractivity contribution in [3.63, 3.8) is 0 Å². The Hall–Kier alpha value is -2.79. The van der Waals surface area contributed by atoms with E-state index in [-0.39, 0.29) is 11.9 Å². The molecule has 0 unspecified atom stereocenters. The first-order valence-corrected chi connectivity index (χ1v) is 11.5. The largest absolute Gasteiger partial charge is 0.465 e. The summed E-state index contributed by atoms with van der Waals surface area (Å²) in [4.78, 5) is 28.1. The van der Waals surface area contributed by atoms with Gasteiger partial charge >= 0.3 is 5.97 Å². The molecule has 1 saturated carbocycles. The van der Waals surface area contributed by atoms with Crippen molar-refractivity contribution in [2.75, 3.05) is 7.11 Å². The first-order chi connectivity index (χ1) is 15.3. The predicted molar refractivity (Wildman–Crippen MR) is 127 cm³/mol. The summed E-state index contributed by atoms with van der Waals surface area (Å²) in [6.07, 6.45) is 7.16. The highest BCUT2D eigenvalue weighted by molar-refractivity contribution is 6.32. The zero-order valence-corrected chi connectivity index (χ0v) is 19.8. The fraction of sp³-hybridized carbons (Fsp3) is 0.385. The molecule has 1 aliphatic heterocycles. The number of nitrogens with zero attached hydrogens (tertiary/aromatic N) is 2. The van der Waals surface area contributed by atoms with E-state index < -0.39 is 5.97 Å². The van der Waals surface area contributed by atoms with Crippen LogP contribution in [0.4, 0.5) is 0 Å². The van der Waals surface area contributed by atoms with Crippen LogP contribution in [0.1, 0.15) is 56.0 Å². The molecule has 2 aromatic rings. The number of para-hydroxylation sites is 1. The molecule has 0 atom stereocenters. The molecular formula is C26H29ClN2O3. The standard InChI is InChI=1S/C26H29ClN2O3/c1-16-14-19(17(2)28(16)23-13-9-8-12-22(23)27)15-21-24(26(31)32-4)18(3)29(25(21)30)20-10-6-5-7-11-20/h8-9,12-15,20H,5-7,10-11H2,1-4H3/b21-15-. The zero-order valence-electron chi connectivity index (χ0n) is 19.1. The van der Waals surface area contributed by atoms with Gasteiger partial charge in [0.15, 0.2) is 0 Å². The lowest BCUT2D eigenvalue weighted by atomic mass is 9.94. The average molecular weight is 453 g/mol. The number of benzene rings is 1. The Labute approximate surface area is 194 Å². The maximum absolute atomic E-state index is 13.6. The molecule has 0 bridgehead atoms. The van der Waals surface area contributed by atoms with Crippen molar-refractivity contribution in [2.24, 2.45) is 0 Å². The molecule has 0 N–H and O–H groups in total. The quantitative estimate of drug-likeness (QED) is 0.438. The molecule has 2 aliphatic rings. The van der Waals surface area contributed by atoms with Crippen LogP contribution < -0.4 is 0 Å². The smallest absolute Gasteiger partial charge is 0.340 e. The lowest BCUT2D eigenvalue weighted by Gasteiger charge is -2.32. The van der Waals surface area contributed by atoms with Gasteiger partial charge in [0.1, 0.15) is 0 Å². The summed E-state index contributed by atoms with van der Waals surface area (Å²) in [6.45, 7) is 5.85. The third-order valence-corrected chi connectivity index (χ3v) is 6.95. The minimum Gasteiger partial charge on any atom is -0.465 e. The second-order valence-electron chi connectivity index (χ2n) is 8.59. The number of amides is 1. The number of hydrogen-bond donors (Lipinski definition) is 0. The summed E-state index contributed by atoms with van der Waals surface area (Å²) in [5, 5.41) is 0.653.